The van der Waals surface area contributed by atoms with Crippen LogP contribution in [0.4, 0.5) is 5.69 Å². The molecule has 0 aliphatic carbocycles. The molecule has 0 radical (unpaired) electrons. The molecule has 1 aromatic carbocycles. The van der Waals surface area contributed by atoms with Gasteiger partial charge in [-0.3, -0.25) is 9.69 Å². The Morgan fingerprint density at radius 2 is 2.00 bits per heavy atom. The number of piperazine rings is 1. The van der Waals surface area contributed by atoms with Crippen LogP contribution in [0.3, 0.4) is 0 Å². The van der Waals surface area contributed by atoms with E-state index in [9.17, 15) is 4.79 Å². The third-order valence-electron chi connectivity index (χ3n) is 6.33. The molecule has 2 aromatic heterocycles. The zero-order chi connectivity index (χ0) is 26.5. The van der Waals surface area contributed by atoms with E-state index in [0.29, 0.717) is 35.4 Å². The molecule has 0 atom stereocenters. The van der Waals surface area contributed by atoms with Gasteiger partial charge in [-0.1, -0.05) is 11.6 Å². The number of carbonyl (C=O) groups is 1. The molecule has 1 saturated heterocycles. The van der Waals surface area contributed by atoms with Gasteiger partial charge in [-0.15, -0.1) is 11.8 Å². The first kappa shape index (κ1) is 26.5. The van der Waals surface area contributed by atoms with Crippen LogP contribution in [0.25, 0.3) is 22.6 Å². The number of nitrogens with zero attached hydrogens (tertiary/aromatic N) is 6. The molecule has 2 aliphatic heterocycles. The lowest BCUT2D eigenvalue weighted by atomic mass is 10.2. The fourth-order valence-corrected chi connectivity index (χ4v) is 5.16. The number of pyridine rings is 1. The summed E-state index contributed by atoms with van der Waals surface area (Å²) in [6, 6.07) is 7.87. The Morgan fingerprint density at radius 1 is 1.21 bits per heavy atom. The van der Waals surface area contributed by atoms with Gasteiger partial charge in [0.05, 0.1) is 29.2 Å². The lowest BCUT2D eigenvalue weighted by molar-refractivity contribution is -0.120. The molecule has 12 heteroatoms. The number of ether oxygens (including phenoxy) is 1. The Hall–Kier alpha value is -3.12. The normalized spacial score (nSPS) is 16.2. The summed E-state index contributed by atoms with van der Waals surface area (Å²) >= 11 is 8.26. The van der Waals surface area contributed by atoms with Crippen LogP contribution in [0.2, 0.25) is 5.02 Å². The molecule has 0 spiro atoms. The first-order valence-electron chi connectivity index (χ1n) is 12.5. The zero-order valence-electron chi connectivity index (χ0n) is 21.5. The van der Waals surface area contributed by atoms with Gasteiger partial charge >= 0.3 is 0 Å². The van der Waals surface area contributed by atoms with E-state index in [1.165, 1.54) is 0 Å². The molecule has 0 bridgehead atoms. The van der Waals surface area contributed by atoms with Crippen LogP contribution in [0.15, 0.2) is 47.1 Å². The number of anilines is 1. The summed E-state index contributed by atoms with van der Waals surface area (Å²) in [6.07, 6.45) is 3.36. The highest BCUT2D eigenvalue weighted by molar-refractivity contribution is 8.02. The van der Waals surface area contributed by atoms with E-state index >= 15 is 0 Å². The third-order valence-corrected chi connectivity index (χ3v) is 7.36. The van der Waals surface area contributed by atoms with Crippen LogP contribution < -0.4 is 15.0 Å². The number of aromatic amines is 1. The molecule has 4 heterocycles. The second-order valence-electron chi connectivity index (χ2n) is 9.40. The molecule has 10 nitrogen and oxygen atoms in total. The van der Waals surface area contributed by atoms with Crippen molar-refractivity contribution >= 4 is 52.0 Å². The summed E-state index contributed by atoms with van der Waals surface area (Å²) in [7, 11) is 4.04. The quantitative estimate of drug-likeness (QED) is 0.438. The second-order valence-corrected chi connectivity index (χ2v) is 10.7. The van der Waals surface area contributed by atoms with E-state index in [-0.39, 0.29) is 5.91 Å². The largest absolute Gasteiger partial charge is 0.492 e. The molecular formula is C26H31ClN8O2S. The van der Waals surface area contributed by atoms with Crippen molar-refractivity contribution in [3.05, 3.63) is 47.1 Å². The van der Waals surface area contributed by atoms with Crippen LogP contribution in [-0.4, -0.2) is 102 Å². The predicted octanol–water partition coefficient (Wildman–Crippen LogP) is 3.07. The van der Waals surface area contributed by atoms with Gasteiger partial charge in [-0.05, 0) is 43.8 Å². The number of hydrogen-bond acceptors (Lipinski definition) is 9. The average molecular weight is 555 g/mol. The highest BCUT2D eigenvalue weighted by Gasteiger charge is 2.24. The molecule has 0 unspecified atom stereocenters. The Morgan fingerprint density at radius 3 is 2.71 bits per heavy atom. The molecule has 200 valence electrons. The summed E-state index contributed by atoms with van der Waals surface area (Å²) < 4.78 is 5.80. The molecule has 2 aliphatic rings. The van der Waals surface area contributed by atoms with E-state index in [1.807, 2.05) is 43.8 Å². The Bertz CT molecular complexity index is 1330. The van der Waals surface area contributed by atoms with Crippen LogP contribution in [0, 0.1) is 0 Å². The van der Waals surface area contributed by atoms with Crippen molar-refractivity contribution in [2.24, 2.45) is 4.99 Å². The van der Waals surface area contributed by atoms with Gasteiger partial charge < -0.3 is 24.8 Å². The lowest BCUT2D eigenvalue weighted by Gasteiger charge is -2.36. The van der Waals surface area contributed by atoms with Gasteiger partial charge in [-0.2, -0.15) is 0 Å². The number of aliphatic imine (C=N–C) groups is 1. The number of likely N-dealkylation sites (N-methyl/N-ethyl adjacent to an activating group) is 1. The van der Waals surface area contributed by atoms with Crippen molar-refractivity contribution in [3.63, 3.8) is 0 Å². The molecule has 2 N–H and O–H groups in total. The van der Waals surface area contributed by atoms with E-state index in [1.54, 1.807) is 24.2 Å². The molecule has 1 amide bonds. The summed E-state index contributed by atoms with van der Waals surface area (Å²) in [5, 5.41) is 5.40. The molecule has 38 heavy (non-hydrogen) atoms. The summed E-state index contributed by atoms with van der Waals surface area (Å²) in [4.78, 5) is 35.8. The number of amides is 1. The highest BCUT2D eigenvalue weighted by atomic mass is 35.5. The average Bonchev–Trinajstić information content (AvgIpc) is 3.34. The third kappa shape index (κ3) is 6.47. The number of thioether (sulfide) groups is 1. The van der Waals surface area contributed by atoms with Gasteiger partial charge in [-0.25, -0.2) is 15.0 Å². The Kier molecular flexibility index (Phi) is 8.48. The first-order chi connectivity index (χ1) is 18.5. The van der Waals surface area contributed by atoms with Crippen molar-refractivity contribution in [3.8, 4) is 17.1 Å². The SMILES string of the molecule is CN(C)CCOc1ccc(-c2nc3ncc(Cl)c(N4CCN(CC(=O)NC5=NC=CSC5)CC4)c3[nH]2)cc1. The number of amidine groups is 1. The number of aromatic nitrogens is 3. The Balaban J connectivity index is 1.24. The molecule has 3 aromatic rings. The minimum Gasteiger partial charge on any atom is -0.492 e. The van der Waals surface area contributed by atoms with Crippen molar-refractivity contribution in [2.45, 2.75) is 0 Å². The topological polar surface area (TPSA) is 102 Å². The second kappa shape index (κ2) is 12.2. The van der Waals surface area contributed by atoms with Crippen molar-refractivity contribution in [1.82, 2.24) is 30.1 Å². The van der Waals surface area contributed by atoms with Crippen molar-refractivity contribution in [1.29, 1.82) is 0 Å². The minimum atomic E-state index is -0.0373. The van der Waals surface area contributed by atoms with E-state index in [4.69, 9.17) is 21.3 Å². The van der Waals surface area contributed by atoms with Gasteiger partial charge in [0.25, 0.3) is 0 Å². The number of hydrogen-bond donors (Lipinski definition) is 2. The maximum absolute atomic E-state index is 12.5. The zero-order valence-corrected chi connectivity index (χ0v) is 23.1. The van der Waals surface area contributed by atoms with Crippen LogP contribution in [0.5, 0.6) is 5.75 Å². The Labute approximate surface area is 231 Å². The number of H-pyrrole nitrogens is 1. The number of rotatable bonds is 8. The number of nitrogens with one attached hydrogen (secondary N) is 2. The number of halogens is 1. The van der Waals surface area contributed by atoms with E-state index in [0.717, 1.165) is 61.1 Å². The highest BCUT2D eigenvalue weighted by Crippen LogP contribution is 2.34. The van der Waals surface area contributed by atoms with E-state index in [2.05, 4.69) is 35.0 Å². The van der Waals surface area contributed by atoms with Gasteiger partial charge in [0.1, 0.15) is 29.5 Å². The standard InChI is InChI=1S/C26H31ClN8O2S/c1-33(2)12-13-37-19-5-3-18(4-6-19)25-31-23-24(20(27)15-29-26(23)32-25)35-10-8-34(9-11-35)16-22(36)30-21-17-38-14-7-28-21/h3-7,14-15H,8-13,16-17H2,1-2H3,(H,28,30,36)(H,29,31,32). The summed E-state index contributed by atoms with van der Waals surface area (Å²) in [5.74, 6) is 2.90. The molecule has 5 rings (SSSR count). The van der Waals surface area contributed by atoms with Crippen molar-refractivity contribution < 1.29 is 9.53 Å². The number of imidazole rings is 1. The molecule has 0 saturated carbocycles. The predicted molar refractivity (Wildman–Crippen MR) is 154 cm³/mol. The van der Waals surface area contributed by atoms with Gasteiger partial charge in [0.2, 0.25) is 5.91 Å². The number of benzene rings is 1. The van der Waals surface area contributed by atoms with Gasteiger partial charge in [0.15, 0.2) is 5.65 Å². The van der Waals surface area contributed by atoms with Crippen LogP contribution >= 0.6 is 23.4 Å². The summed E-state index contributed by atoms with van der Waals surface area (Å²) in [6.45, 7) is 4.78. The summed E-state index contributed by atoms with van der Waals surface area (Å²) in [5.41, 5.74) is 3.26. The maximum Gasteiger partial charge on any atom is 0.239 e. The van der Waals surface area contributed by atoms with E-state index < -0.39 is 0 Å². The maximum atomic E-state index is 12.5. The first-order valence-corrected chi connectivity index (χ1v) is 13.9. The smallest absolute Gasteiger partial charge is 0.239 e. The monoisotopic (exact) mass is 554 g/mol. The van der Waals surface area contributed by atoms with Crippen LogP contribution in [-0.2, 0) is 4.79 Å². The fourth-order valence-electron chi connectivity index (χ4n) is 4.35. The molecule has 1 fully saturated rings. The van der Waals surface area contributed by atoms with Crippen molar-refractivity contribution in [2.75, 3.05) is 70.6 Å². The lowest BCUT2D eigenvalue weighted by Crippen LogP contribution is -2.50. The van der Waals surface area contributed by atoms with Gasteiger partial charge in [0, 0.05) is 44.5 Å². The van der Waals surface area contributed by atoms with Crippen LogP contribution in [0.1, 0.15) is 0 Å². The number of fused-ring (bicyclic) bond motifs is 1. The minimum absolute atomic E-state index is 0.0373. The fraction of sp³-hybridized carbons (Fsp3) is 0.385. The number of carbonyl (C=O) groups excluding carboxylic acids is 1. The molecular weight excluding hydrogens is 524 g/mol.